The highest BCUT2D eigenvalue weighted by atomic mass is 19.1. The molecule has 5 rings (SSSR count). The Kier molecular flexibility index (Phi) is 6.38. The van der Waals surface area contributed by atoms with Gasteiger partial charge in [-0.25, -0.2) is 23.1 Å². The number of primary amides is 1. The van der Waals surface area contributed by atoms with E-state index in [1.165, 1.54) is 0 Å². The molecule has 1 aliphatic carbocycles. The van der Waals surface area contributed by atoms with E-state index in [1.807, 2.05) is 6.92 Å². The van der Waals surface area contributed by atoms with Crippen molar-refractivity contribution in [2.45, 2.75) is 38.0 Å². The van der Waals surface area contributed by atoms with Gasteiger partial charge in [0.05, 0.1) is 23.5 Å². The quantitative estimate of drug-likeness (QED) is 0.420. The van der Waals surface area contributed by atoms with Crippen LogP contribution in [0.25, 0.3) is 22.4 Å². The molecule has 1 amide bonds. The maximum atomic E-state index is 16.1. The van der Waals surface area contributed by atoms with Crippen LogP contribution in [0.15, 0.2) is 30.3 Å². The number of aliphatic hydroxyl groups excluding tert-OH is 2. The Morgan fingerprint density at radius 1 is 1.08 bits per heavy atom. The molecule has 1 saturated heterocycles. The van der Waals surface area contributed by atoms with E-state index < -0.39 is 52.9 Å². The van der Waals surface area contributed by atoms with Gasteiger partial charge in [0.2, 0.25) is 0 Å². The summed E-state index contributed by atoms with van der Waals surface area (Å²) in [6.07, 6.45) is -0.655. The van der Waals surface area contributed by atoms with E-state index in [2.05, 4.69) is 9.97 Å². The summed E-state index contributed by atoms with van der Waals surface area (Å²) >= 11 is 0. The number of fused-ring (bicyclic) bond motifs is 1. The number of amides is 1. The average molecular weight is 514 g/mol. The topological polar surface area (TPSA) is 139 Å². The van der Waals surface area contributed by atoms with Gasteiger partial charge in [-0.05, 0) is 42.7 Å². The summed E-state index contributed by atoms with van der Waals surface area (Å²) in [6.45, 7) is 2.33. The van der Waals surface area contributed by atoms with Crippen molar-refractivity contribution in [2.24, 2.45) is 17.4 Å². The van der Waals surface area contributed by atoms with E-state index in [0.29, 0.717) is 30.6 Å². The summed E-state index contributed by atoms with van der Waals surface area (Å²) in [5, 5.41) is 20.8. The molecule has 0 spiro atoms. The molecular formula is C26H26F3N5O3. The molecule has 6 N–H and O–H groups in total. The number of aliphatic hydroxyl groups is 2. The lowest BCUT2D eigenvalue weighted by atomic mass is 9.92. The van der Waals surface area contributed by atoms with Gasteiger partial charge in [0, 0.05) is 36.2 Å². The number of hydrogen-bond donors (Lipinski definition) is 4. The van der Waals surface area contributed by atoms with E-state index in [-0.39, 0.29) is 35.1 Å². The predicted molar refractivity (Wildman–Crippen MR) is 130 cm³/mol. The standard InChI is InChI=1S/C26H26F3N5O3/c1-11-9-34(10-17(30)24(11)36)26-14(7-12-5-6-19(35)22(12)33-26)13-8-18(25(31)37)32-23(21(13)29)20-15(27)3-2-4-16(20)28/h2-4,7-8,11,17,19,24,35-36H,5-6,9-10,30H2,1H3,(H2,31,37)/t11-,17+,19+,24+/m0/s1. The van der Waals surface area contributed by atoms with Gasteiger partial charge >= 0.3 is 0 Å². The van der Waals surface area contributed by atoms with Crippen LogP contribution in [0.5, 0.6) is 0 Å². The van der Waals surface area contributed by atoms with Crippen LogP contribution >= 0.6 is 0 Å². The molecule has 0 unspecified atom stereocenters. The summed E-state index contributed by atoms with van der Waals surface area (Å²) in [5.74, 6) is -4.18. The van der Waals surface area contributed by atoms with E-state index >= 15 is 4.39 Å². The molecule has 0 bridgehead atoms. The van der Waals surface area contributed by atoms with Crippen LogP contribution in [-0.4, -0.2) is 51.3 Å². The third-order valence-electron chi connectivity index (χ3n) is 7.08. The van der Waals surface area contributed by atoms with Crippen molar-refractivity contribution in [2.75, 3.05) is 18.0 Å². The lowest BCUT2D eigenvalue weighted by molar-refractivity contribution is 0.0782. The lowest BCUT2D eigenvalue weighted by Crippen LogP contribution is -2.56. The van der Waals surface area contributed by atoms with Crippen molar-refractivity contribution in [3.63, 3.8) is 0 Å². The van der Waals surface area contributed by atoms with E-state index in [4.69, 9.17) is 11.5 Å². The van der Waals surface area contributed by atoms with E-state index in [9.17, 15) is 23.8 Å². The molecule has 8 nitrogen and oxygen atoms in total. The highest BCUT2D eigenvalue weighted by Crippen LogP contribution is 2.41. The van der Waals surface area contributed by atoms with Crippen LogP contribution in [0.1, 0.15) is 41.2 Å². The molecule has 0 radical (unpaired) electrons. The Bertz CT molecular complexity index is 1370. The molecular weight excluding hydrogens is 487 g/mol. The van der Waals surface area contributed by atoms with Crippen LogP contribution in [0, 0.1) is 23.4 Å². The summed E-state index contributed by atoms with van der Waals surface area (Å²) in [4.78, 5) is 22.4. The second kappa shape index (κ2) is 9.40. The maximum Gasteiger partial charge on any atom is 0.267 e. The van der Waals surface area contributed by atoms with Crippen molar-refractivity contribution >= 4 is 11.7 Å². The fourth-order valence-electron chi connectivity index (χ4n) is 5.14. The molecule has 4 atom stereocenters. The summed E-state index contributed by atoms with van der Waals surface area (Å²) in [5.41, 5.74) is 11.0. The van der Waals surface area contributed by atoms with Crippen LogP contribution in [0.2, 0.25) is 0 Å². The van der Waals surface area contributed by atoms with Gasteiger partial charge in [0.25, 0.3) is 5.91 Å². The van der Waals surface area contributed by atoms with Crippen LogP contribution in [0.4, 0.5) is 19.0 Å². The molecule has 1 aromatic carbocycles. The third kappa shape index (κ3) is 4.32. The van der Waals surface area contributed by atoms with Gasteiger partial charge in [-0.1, -0.05) is 13.0 Å². The normalized spacial score (nSPS) is 23.3. The number of carbonyl (C=O) groups excluding carboxylic acids is 1. The van der Waals surface area contributed by atoms with Crippen molar-refractivity contribution in [3.8, 4) is 22.4 Å². The Morgan fingerprint density at radius 2 is 1.78 bits per heavy atom. The molecule has 194 valence electrons. The zero-order valence-corrected chi connectivity index (χ0v) is 20.0. The average Bonchev–Trinajstić information content (AvgIpc) is 3.21. The summed E-state index contributed by atoms with van der Waals surface area (Å²) in [7, 11) is 0. The second-order valence-corrected chi connectivity index (χ2v) is 9.67. The first-order valence-corrected chi connectivity index (χ1v) is 11.9. The number of halogens is 3. The Morgan fingerprint density at radius 3 is 2.43 bits per heavy atom. The van der Waals surface area contributed by atoms with Gasteiger partial charge in [-0.3, -0.25) is 4.79 Å². The number of piperidine rings is 1. The van der Waals surface area contributed by atoms with E-state index in [0.717, 1.165) is 24.3 Å². The van der Waals surface area contributed by atoms with Gasteiger partial charge in [-0.2, -0.15) is 0 Å². The smallest absolute Gasteiger partial charge is 0.267 e. The minimum Gasteiger partial charge on any atom is -0.391 e. The van der Waals surface area contributed by atoms with Gasteiger partial charge in [-0.15, -0.1) is 0 Å². The minimum absolute atomic E-state index is 0.180. The fraction of sp³-hybridized carbons (Fsp3) is 0.346. The summed E-state index contributed by atoms with van der Waals surface area (Å²) in [6, 6.07) is 5.21. The first-order chi connectivity index (χ1) is 17.6. The number of aromatic nitrogens is 2. The molecule has 37 heavy (non-hydrogen) atoms. The van der Waals surface area contributed by atoms with E-state index in [1.54, 1.807) is 11.0 Å². The van der Waals surface area contributed by atoms with Gasteiger partial charge in [0.1, 0.15) is 28.8 Å². The fourth-order valence-corrected chi connectivity index (χ4v) is 5.14. The third-order valence-corrected chi connectivity index (χ3v) is 7.08. The van der Waals surface area contributed by atoms with Crippen molar-refractivity contribution < 1.29 is 28.2 Å². The number of rotatable bonds is 4. The zero-order valence-electron chi connectivity index (χ0n) is 20.0. The van der Waals surface area contributed by atoms with Crippen molar-refractivity contribution in [3.05, 3.63) is 64.7 Å². The molecule has 0 saturated carbocycles. The Balaban J connectivity index is 1.77. The number of benzene rings is 1. The summed E-state index contributed by atoms with van der Waals surface area (Å²) < 4.78 is 45.4. The molecule has 2 aliphatic rings. The van der Waals surface area contributed by atoms with Crippen molar-refractivity contribution in [1.29, 1.82) is 0 Å². The SMILES string of the molecule is C[C@H]1CN(c2nc3c(cc2-c2cc(C(N)=O)nc(-c4c(F)cccc4F)c2F)CC[C@H]3O)C[C@@H](N)[C@@H]1O. The number of anilines is 1. The maximum absolute atomic E-state index is 16.1. The number of nitrogens with two attached hydrogens (primary N) is 2. The second-order valence-electron chi connectivity index (χ2n) is 9.67. The Hall–Kier alpha value is -3.54. The number of nitrogens with zero attached hydrogens (tertiary/aromatic N) is 3. The first-order valence-electron chi connectivity index (χ1n) is 11.9. The number of carbonyl (C=O) groups is 1. The predicted octanol–water partition coefficient (Wildman–Crippen LogP) is 2.45. The molecule has 1 aliphatic heterocycles. The lowest BCUT2D eigenvalue weighted by Gasteiger charge is -2.40. The molecule has 3 heterocycles. The Labute approximate surface area is 210 Å². The first kappa shape index (κ1) is 25.1. The zero-order chi connectivity index (χ0) is 26.6. The molecule has 3 aromatic rings. The number of aryl methyl sites for hydroxylation is 1. The monoisotopic (exact) mass is 513 g/mol. The van der Waals surface area contributed by atoms with Crippen LogP contribution < -0.4 is 16.4 Å². The number of hydrogen-bond acceptors (Lipinski definition) is 7. The minimum atomic E-state index is -1.06. The van der Waals surface area contributed by atoms with Crippen LogP contribution in [-0.2, 0) is 6.42 Å². The molecule has 2 aromatic heterocycles. The van der Waals surface area contributed by atoms with Gasteiger partial charge in [0.15, 0.2) is 5.82 Å². The highest BCUT2D eigenvalue weighted by Gasteiger charge is 2.35. The molecule has 1 fully saturated rings. The number of pyridine rings is 2. The van der Waals surface area contributed by atoms with Gasteiger partial charge < -0.3 is 26.6 Å². The van der Waals surface area contributed by atoms with Crippen molar-refractivity contribution in [1.82, 2.24) is 9.97 Å². The van der Waals surface area contributed by atoms with Crippen LogP contribution in [0.3, 0.4) is 0 Å². The molecule has 11 heteroatoms. The highest BCUT2D eigenvalue weighted by molar-refractivity contribution is 5.94. The largest absolute Gasteiger partial charge is 0.391 e.